The summed E-state index contributed by atoms with van der Waals surface area (Å²) in [5.74, 6) is 3.46. The average Bonchev–Trinajstić information content (AvgIpc) is 2.29. The molecule has 0 atom stereocenters. The van der Waals surface area contributed by atoms with E-state index in [9.17, 15) is 14.7 Å². The van der Waals surface area contributed by atoms with Crippen LogP contribution in [-0.2, 0) is 4.79 Å². The molecule has 0 aromatic heterocycles. The third-order valence-corrected chi connectivity index (χ3v) is 2.31. The van der Waals surface area contributed by atoms with Crippen LogP contribution in [0.25, 0.3) is 0 Å². The molecule has 0 fully saturated rings. The largest absolute Gasteiger partial charge is 0.507 e. The van der Waals surface area contributed by atoms with Gasteiger partial charge in [0.2, 0.25) is 0 Å². The van der Waals surface area contributed by atoms with Gasteiger partial charge in [0.15, 0.2) is 0 Å². The number of hydrogen-bond donors (Lipinski definition) is 2. The van der Waals surface area contributed by atoms with Crippen LogP contribution in [0.15, 0.2) is 35.3 Å². The summed E-state index contributed by atoms with van der Waals surface area (Å²) in [5.41, 5.74) is -0.0629. The number of carbonyl (C=O) groups is 2. The summed E-state index contributed by atoms with van der Waals surface area (Å²) in [7, 11) is 0. The smallest absolute Gasteiger partial charge is 0.278 e. The van der Waals surface area contributed by atoms with E-state index in [-0.39, 0.29) is 11.3 Å². The van der Waals surface area contributed by atoms with Gasteiger partial charge in [-0.15, -0.1) is 0 Å². The molecular weight excluding hydrogens is 276 g/mol. The van der Waals surface area contributed by atoms with Crippen LogP contribution in [0.3, 0.4) is 0 Å². The molecule has 0 aliphatic carbocycles. The molecule has 16 heavy (non-hydrogen) atoms. The first-order valence-electron chi connectivity index (χ1n) is 4.21. The number of imide groups is 1. The Morgan fingerprint density at radius 2 is 2.12 bits per heavy atom. The first kappa shape index (κ1) is 12.4. The van der Waals surface area contributed by atoms with Crippen LogP contribution in [0.4, 0.5) is 0 Å². The van der Waals surface area contributed by atoms with Gasteiger partial charge < -0.3 is 5.11 Å². The Bertz CT molecular complexity index is 459. The number of phenols is 1. The number of nitrogens with zero attached hydrogens (tertiary/aromatic N) is 1. The summed E-state index contributed by atoms with van der Waals surface area (Å²) in [6, 6.07) is 4.25. The summed E-state index contributed by atoms with van der Waals surface area (Å²) < 4.78 is 0.591. The van der Waals surface area contributed by atoms with Crippen LogP contribution in [0.2, 0.25) is 0 Å². The summed E-state index contributed by atoms with van der Waals surface area (Å²) >= 11 is 3.14. The molecule has 0 unspecified atom stereocenters. The van der Waals surface area contributed by atoms with Crippen molar-refractivity contribution < 1.29 is 14.7 Å². The van der Waals surface area contributed by atoms with Gasteiger partial charge in [0.05, 0.1) is 5.56 Å². The van der Waals surface area contributed by atoms with E-state index in [1.807, 2.05) is 0 Å². The Morgan fingerprint density at radius 3 is 2.69 bits per heavy atom. The van der Waals surface area contributed by atoms with Gasteiger partial charge in [-0.1, -0.05) is 22.5 Å². The molecule has 2 amide bonds. The minimum Gasteiger partial charge on any atom is -0.507 e. The number of hydrazine groups is 1. The molecule has 3 N–H and O–H groups in total. The molecule has 0 bridgehead atoms. The van der Waals surface area contributed by atoms with Crippen LogP contribution in [0.5, 0.6) is 5.75 Å². The predicted octanol–water partition coefficient (Wildman–Crippen LogP) is 1.18. The maximum absolute atomic E-state index is 11.7. The minimum atomic E-state index is -0.802. The predicted molar refractivity (Wildman–Crippen MR) is 61.4 cm³/mol. The molecule has 1 rings (SSSR count). The molecule has 84 valence electrons. The Kier molecular flexibility index (Phi) is 3.81. The number of nitrogens with two attached hydrogens (primary N) is 1. The van der Waals surface area contributed by atoms with E-state index in [4.69, 9.17) is 5.84 Å². The van der Waals surface area contributed by atoms with Crippen LogP contribution < -0.4 is 5.84 Å². The number of halogens is 1. The summed E-state index contributed by atoms with van der Waals surface area (Å²) in [5, 5.41) is 9.83. The first-order chi connectivity index (χ1) is 7.47. The summed E-state index contributed by atoms with van der Waals surface area (Å²) in [6.45, 7) is 3.20. The van der Waals surface area contributed by atoms with Crippen molar-refractivity contribution in [3.05, 3.63) is 40.9 Å². The summed E-state index contributed by atoms with van der Waals surface area (Å²) in [6.07, 6.45) is 0.910. The lowest BCUT2D eigenvalue weighted by Gasteiger charge is -2.13. The van der Waals surface area contributed by atoms with E-state index >= 15 is 0 Å². The highest BCUT2D eigenvalue weighted by Crippen LogP contribution is 2.22. The minimum absolute atomic E-state index is 0.0629. The monoisotopic (exact) mass is 284 g/mol. The van der Waals surface area contributed by atoms with Crippen molar-refractivity contribution in [3.8, 4) is 5.75 Å². The highest BCUT2D eigenvalue weighted by atomic mass is 79.9. The second kappa shape index (κ2) is 4.91. The van der Waals surface area contributed by atoms with E-state index in [2.05, 4.69) is 22.5 Å². The number of hydrogen-bond acceptors (Lipinski definition) is 4. The van der Waals surface area contributed by atoms with Gasteiger partial charge in [-0.3, -0.25) is 9.59 Å². The summed E-state index contributed by atoms with van der Waals surface area (Å²) in [4.78, 5) is 22.8. The lowest BCUT2D eigenvalue weighted by Crippen LogP contribution is -2.41. The van der Waals surface area contributed by atoms with Crippen molar-refractivity contribution in [3.63, 3.8) is 0 Å². The van der Waals surface area contributed by atoms with Crippen LogP contribution in [-0.4, -0.2) is 21.9 Å². The molecule has 0 radical (unpaired) electrons. The van der Waals surface area contributed by atoms with Crippen molar-refractivity contribution in [1.29, 1.82) is 0 Å². The fraction of sp³-hybridized carbons (Fsp3) is 0. The lowest BCUT2D eigenvalue weighted by molar-refractivity contribution is -0.123. The first-order valence-corrected chi connectivity index (χ1v) is 5.00. The molecule has 0 aliphatic heterocycles. The topological polar surface area (TPSA) is 83.6 Å². The standard InChI is InChI=1S/C10H9BrN2O3/c1-2-9(15)13(12)10(16)7-5-6(11)3-4-8(7)14/h2-5,14H,1,12H2. The van der Waals surface area contributed by atoms with Crippen LogP contribution >= 0.6 is 15.9 Å². The molecule has 0 spiro atoms. The maximum Gasteiger partial charge on any atom is 0.278 e. The van der Waals surface area contributed by atoms with Gasteiger partial charge in [0.1, 0.15) is 5.75 Å². The fourth-order valence-corrected chi connectivity index (χ4v) is 1.37. The molecular formula is C10H9BrN2O3. The third-order valence-electron chi connectivity index (χ3n) is 1.82. The van der Waals surface area contributed by atoms with Crippen molar-refractivity contribution in [2.45, 2.75) is 0 Å². The zero-order valence-corrected chi connectivity index (χ0v) is 9.77. The van der Waals surface area contributed by atoms with E-state index in [1.54, 1.807) is 6.07 Å². The van der Waals surface area contributed by atoms with Gasteiger partial charge in [-0.05, 0) is 24.3 Å². The maximum atomic E-state index is 11.7. The zero-order valence-electron chi connectivity index (χ0n) is 8.18. The van der Waals surface area contributed by atoms with Crippen molar-refractivity contribution in [1.82, 2.24) is 5.01 Å². The lowest BCUT2D eigenvalue weighted by atomic mass is 10.2. The molecule has 0 heterocycles. The molecule has 6 heteroatoms. The molecule has 5 nitrogen and oxygen atoms in total. The number of rotatable bonds is 2. The Morgan fingerprint density at radius 1 is 1.50 bits per heavy atom. The number of amides is 2. The van der Waals surface area contributed by atoms with Crippen molar-refractivity contribution in [2.75, 3.05) is 0 Å². The second-order valence-corrected chi connectivity index (χ2v) is 3.79. The van der Waals surface area contributed by atoms with E-state index in [0.717, 1.165) is 6.08 Å². The highest BCUT2D eigenvalue weighted by Gasteiger charge is 2.20. The molecule has 0 saturated carbocycles. The van der Waals surface area contributed by atoms with E-state index in [1.165, 1.54) is 12.1 Å². The molecule has 0 aliphatic rings. The van der Waals surface area contributed by atoms with Gasteiger partial charge in [-0.25, -0.2) is 10.9 Å². The fourth-order valence-electron chi connectivity index (χ4n) is 1.01. The zero-order chi connectivity index (χ0) is 12.3. The van der Waals surface area contributed by atoms with Gasteiger partial charge >= 0.3 is 0 Å². The Labute approximate surface area is 100 Å². The number of benzene rings is 1. The number of aromatic hydroxyl groups is 1. The van der Waals surface area contributed by atoms with Crippen molar-refractivity contribution >= 4 is 27.7 Å². The van der Waals surface area contributed by atoms with Gasteiger partial charge in [0, 0.05) is 4.47 Å². The Balaban J connectivity index is 3.09. The number of carbonyl (C=O) groups excluding carboxylic acids is 2. The van der Waals surface area contributed by atoms with E-state index < -0.39 is 11.8 Å². The van der Waals surface area contributed by atoms with Crippen molar-refractivity contribution in [2.24, 2.45) is 5.84 Å². The average molecular weight is 285 g/mol. The highest BCUT2D eigenvalue weighted by molar-refractivity contribution is 9.10. The SMILES string of the molecule is C=CC(=O)N(N)C(=O)c1cc(Br)ccc1O. The quantitative estimate of drug-likeness (QED) is 0.370. The van der Waals surface area contributed by atoms with E-state index in [0.29, 0.717) is 9.48 Å². The second-order valence-electron chi connectivity index (χ2n) is 2.88. The molecule has 0 saturated heterocycles. The van der Waals surface area contributed by atoms with Crippen LogP contribution in [0, 0.1) is 0 Å². The number of phenolic OH excluding ortho intramolecular Hbond substituents is 1. The molecule has 1 aromatic carbocycles. The van der Waals surface area contributed by atoms with Gasteiger partial charge in [-0.2, -0.15) is 0 Å². The normalized spacial score (nSPS) is 9.62. The Hall–Kier alpha value is -1.66. The molecule has 1 aromatic rings. The van der Waals surface area contributed by atoms with Crippen LogP contribution in [0.1, 0.15) is 10.4 Å². The van der Waals surface area contributed by atoms with Gasteiger partial charge in [0.25, 0.3) is 11.8 Å². The third kappa shape index (κ3) is 2.47.